The number of amides is 1. The van der Waals surface area contributed by atoms with E-state index in [4.69, 9.17) is 9.47 Å². The number of carbonyl (C=O) groups is 1. The summed E-state index contributed by atoms with van der Waals surface area (Å²) in [6.45, 7) is 1.51. The van der Waals surface area contributed by atoms with E-state index in [0.29, 0.717) is 18.6 Å². The summed E-state index contributed by atoms with van der Waals surface area (Å²) >= 11 is 0. The summed E-state index contributed by atoms with van der Waals surface area (Å²) in [5, 5.41) is 15.8. The molecule has 1 amide bonds. The Hall–Kier alpha value is -1.41. The van der Waals surface area contributed by atoms with Crippen LogP contribution in [0.15, 0.2) is 24.3 Å². The van der Waals surface area contributed by atoms with Gasteiger partial charge in [0.15, 0.2) is 0 Å². The maximum atomic E-state index is 12.8. The van der Waals surface area contributed by atoms with Crippen molar-refractivity contribution in [3.63, 3.8) is 0 Å². The van der Waals surface area contributed by atoms with E-state index in [0.717, 1.165) is 13.1 Å². The first-order valence-electron chi connectivity index (χ1n) is 7.66. The van der Waals surface area contributed by atoms with E-state index in [1.54, 1.807) is 0 Å². The molecule has 3 N–H and O–H groups in total. The van der Waals surface area contributed by atoms with E-state index in [1.165, 1.54) is 31.4 Å². The second-order valence-electron chi connectivity index (χ2n) is 5.58. The van der Waals surface area contributed by atoms with Gasteiger partial charge in [0.25, 0.3) is 5.91 Å². The van der Waals surface area contributed by atoms with Crippen LogP contribution in [0.2, 0.25) is 0 Å². The fourth-order valence-electron chi connectivity index (χ4n) is 2.51. The average Bonchev–Trinajstić information content (AvgIpc) is 2.59. The first kappa shape index (κ1) is 20.6. The van der Waals surface area contributed by atoms with Crippen LogP contribution < -0.4 is 15.4 Å². The summed E-state index contributed by atoms with van der Waals surface area (Å²) in [5.74, 6) is -0.108. The van der Waals surface area contributed by atoms with Gasteiger partial charge in [0, 0.05) is 13.7 Å². The Morgan fingerprint density at radius 1 is 1.38 bits per heavy atom. The Bertz CT molecular complexity index is 509. The quantitative estimate of drug-likeness (QED) is 0.671. The van der Waals surface area contributed by atoms with Gasteiger partial charge in [-0.3, -0.25) is 4.79 Å². The van der Waals surface area contributed by atoms with Crippen LogP contribution in [-0.4, -0.2) is 56.1 Å². The molecule has 1 unspecified atom stereocenters. The highest BCUT2D eigenvalue weighted by Crippen LogP contribution is 2.22. The Labute approximate surface area is 147 Å². The van der Waals surface area contributed by atoms with Gasteiger partial charge in [-0.15, -0.1) is 12.4 Å². The Balaban J connectivity index is 0.00000288. The summed E-state index contributed by atoms with van der Waals surface area (Å²) < 4.78 is 23.5. The average molecular weight is 363 g/mol. The minimum atomic E-state index is -0.861. The zero-order valence-corrected chi connectivity index (χ0v) is 14.4. The number of hydrogen-bond donors (Lipinski definition) is 3. The van der Waals surface area contributed by atoms with Gasteiger partial charge >= 0.3 is 0 Å². The molecule has 2 rings (SSSR count). The van der Waals surface area contributed by atoms with Crippen LogP contribution >= 0.6 is 12.4 Å². The van der Waals surface area contributed by atoms with Crippen LogP contribution in [0, 0.1) is 5.82 Å². The van der Waals surface area contributed by atoms with Crippen LogP contribution in [0.4, 0.5) is 4.39 Å². The number of methoxy groups -OCH3 is 1. The van der Waals surface area contributed by atoms with Crippen molar-refractivity contribution in [3.05, 3.63) is 30.1 Å². The van der Waals surface area contributed by atoms with Crippen LogP contribution in [0.25, 0.3) is 0 Å². The zero-order chi connectivity index (χ0) is 16.7. The van der Waals surface area contributed by atoms with Crippen molar-refractivity contribution in [2.24, 2.45) is 0 Å². The van der Waals surface area contributed by atoms with Gasteiger partial charge in [-0.1, -0.05) is 0 Å². The van der Waals surface area contributed by atoms with Crippen LogP contribution in [0.3, 0.4) is 0 Å². The number of benzene rings is 1. The Kier molecular flexibility index (Phi) is 8.41. The highest BCUT2D eigenvalue weighted by atomic mass is 35.5. The number of halogens is 2. The van der Waals surface area contributed by atoms with Crippen molar-refractivity contribution in [1.82, 2.24) is 10.6 Å². The molecule has 0 bridgehead atoms. The number of rotatable bonds is 7. The van der Waals surface area contributed by atoms with E-state index < -0.39 is 11.7 Å². The van der Waals surface area contributed by atoms with Crippen molar-refractivity contribution in [2.45, 2.75) is 24.5 Å². The zero-order valence-electron chi connectivity index (χ0n) is 13.6. The number of aliphatic hydroxyl groups is 1. The largest absolute Gasteiger partial charge is 0.491 e. The molecule has 0 saturated carbocycles. The molecule has 0 spiro atoms. The van der Waals surface area contributed by atoms with Crippen LogP contribution in [-0.2, 0) is 9.53 Å². The van der Waals surface area contributed by atoms with Crippen LogP contribution in [0.1, 0.15) is 12.8 Å². The van der Waals surface area contributed by atoms with Crippen molar-refractivity contribution >= 4 is 18.3 Å². The fourth-order valence-corrected chi connectivity index (χ4v) is 2.51. The molecule has 8 heteroatoms. The van der Waals surface area contributed by atoms with Crippen molar-refractivity contribution in [3.8, 4) is 5.75 Å². The number of piperidine rings is 1. The second kappa shape index (κ2) is 9.78. The molecule has 0 aromatic heterocycles. The predicted molar refractivity (Wildman–Crippen MR) is 90.0 cm³/mol. The summed E-state index contributed by atoms with van der Waals surface area (Å²) in [6, 6.07) is 5.52. The molecule has 1 aromatic carbocycles. The number of hydrogen-bond acceptors (Lipinski definition) is 5. The molecule has 6 nitrogen and oxygen atoms in total. The topological polar surface area (TPSA) is 79.8 Å². The van der Waals surface area contributed by atoms with E-state index in [-0.39, 0.29) is 37.3 Å². The standard InChI is InChI=1S/C16H23FN2O4.ClH/c1-22-16(6-8-18-9-7-16)15(21)19-10-13(20)11-23-14-4-2-12(17)3-5-14;/h2-5,13,18,20H,6-11H2,1H3,(H,19,21);1H. The maximum absolute atomic E-state index is 12.8. The molecule has 1 aliphatic heterocycles. The molecule has 1 heterocycles. The van der Waals surface area contributed by atoms with Gasteiger partial charge in [0.05, 0.1) is 0 Å². The number of ether oxygens (including phenoxy) is 2. The number of aliphatic hydroxyl groups excluding tert-OH is 1. The van der Waals surface area contributed by atoms with E-state index in [9.17, 15) is 14.3 Å². The maximum Gasteiger partial charge on any atom is 0.252 e. The summed E-state index contributed by atoms with van der Waals surface area (Å²) in [4.78, 5) is 12.3. The molecule has 136 valence electrons. The van der Waals surface area contributed by atoms with Gasteiger partial charge in [-0.05, 0) is 50.2 Å². The van der Waals surface area contributed by atoms with Gasteiger partial charge in [0.2, 0.25) is 0 Å². The first-order valence-corrected chi connectivity index (χ1v) is 7.66. The lowest BCUT2D eigenvalue weighted by Gasteiger charge is -2.35. The molecule has 1 atom stereocenters. The second-order valence-corrected chi connectivity index (χ2v) is 5.58. The molecular formula is C16H24ClFN2O4. The minimum absolute atomic E-state index is 0. The minimum Gasteiger partial charge on any atom is -0.491 e. The van der Waals surface area contributed by atoms with Gasteiger partial charge < -0.3 is 25.2 Å². The van der Waals surface area contributed by atoms with E-state index >= 15 is 0 Å². The third-order valence-corrected chi connectivity index (χ3v) is 3.97. The third kappa shape index (κ3) is 5.59. The molecule has 1 saturated heterocycles. The molecule has 24 heavy (non-hydrogen) atoms. The lowest BCUT2D eigenvalue weighted by molar-refractivity contribution is -0.147. The highest BCUT2D eigenvalue weighted by Gasteiger charge is 2.39. The predicted octanol–water partition coefficient (Wildman–Crippen LogP) is 0.872. The smallest absolute Gasteiger partial charge is 0.252 e. The molecule has 1 aromatic rings. The van der Waals surface area contributed by atoms with Gasteiger partial charge in [-0.25, -0.2) is 4.39 Å². The summed E-state index contributed by atoms with van der Waals surface area (Å²) in [5.41, 5.74) is -0.831. The fraction of sp³-hybridized carbons (Fsp3) is 0.562. The molecule has 0 radical (unpaired) electrons. The molecule has 1 aliphatic rings. The lowest BCUT2D eigenvalue weighted by Crippen LogP contribution is -2.55. The van der Waals surface area contributed by atoms with E-state index in [1.807, 2.05) is 0 Å². The summed E-state index contributed by atoms with van der Waals surface area (Å²) in [6.07, 6.45) is 0.328. The number of carbonyl (C=O) groups excluding carboxylic acids is 1. The Morgan fingerprint density at radius 2 is 2.00 bits per heavy atom. The van der Waals surface area contributed by atoms with Crippen LogP contribution in [0.5, 0.6) is 5.75 Å². The SMILES string of the molecule is COC1(C(=O)NCC(O)COc2ccc(F)cc2)CCNCC1.Cl. The van der Waals surface area contributed by atoms with Gasteiger partial charge in [-0.2, -0.15) is 0 Å². The molecule has 0 aliphatic carbocycles. The molecule has 1 fully saturated rings. The Morgan fingerprint density at radius 3 is 2.58 bits per heavy atom. The lowest BCUT2D eigenvalue weighted by atomic mass is 9.91. The molecular weight excluding hydrogens is 339 g/mol. The van der Waals surface area contributed by atoms with Crippen molar-refractivity contribution in [1.29, 1.82) is 0 Å². The number of nitrogens with one attached hydrogen (secondary N) is 2. The normalized spacial score (nSPS) is 17.5. The van der Waals surface area contributed by atoms with Gasteiger partial charge in [0.1, 0.15) is 29.9 Å². The third-order valence-electron chi connectivity index (χ3n) is 3.97. The monoisotopic (exact) mass is 362 g/mol. The summed E-state index contributed by atoms with van der Waals surface area (Å²) in [7, 11) is 1.53. The highest BCUT2D eigenvalue weighted by molar-refractivity contribution is 5.85. The van der Waals surface area contributed by atoms with Crippen molar-refractivity contribution in [2.75, 3.05) is 33.4 Å². The van der Waals surface area contributed by atoms with Crippen molar-refractivity contribution < 1.29 is 23.8 Å². The van der Waals surface area contributed by atoms with E-state index in [2.05, 4.69) is 10.6 Å². The first-order chi connectivity index (χ1) is 11.1.